The fourth-order valence-corrected chi connectivity index (χ4v) is 3.66. The number of benzene rings is 1. The van der Waals surface area contributed by atoms with Crippen LogP contribution in [0, 0.1) is 5.82 Å². The van der Waals surface area contributed by atoms with E-state index in [1.165, 1.54) is 23.5 Å². The summed E-state index contributed by atoms with van der Waals surface area (Å²) in [4.78, 5) is 17.8. The van der Waals surface area contributed by atoms with E-state index >= 15 is 0 Å². The number of hydrogen-bond donors (Lipinski definition) is 2. The number of halogens is 1. The second-order valence-electron chi connectivity index (χ2n) is 6.13. The summed E-state index contributed by atoms with van der Waals surface area (Å²) in [6.45, 7) is 1.54. The summed E-state index contributed by atoms with van der Waals surface area (Å²) in [6.07, 6.45) is 2.18. The summed E-state index contributed by atoms with van der Waals surface area (Å²) in [5, 5.41) is 12.5. The van der Waals surface area contributed by atoms with Crippen molar-refractivity contribution < 1.29 is 9.18 Å². The molecule has 134 valence electrons. The van der Waals surface area contributed by atoms with Gasteiger partial charge in [-0.1, -0.05) is 6.07 Å². The lowest BCUT2D eigenvalue weighted by molar-refractivity contribution is 0.0940. The van der Waals surface area contributed by atoms with E-state index in [-0.39, 0.29) is 17.5 Å². The van der Waals surface area contributed by atoms with Crippen LogP contribution in [-0.4, -0.2) is 39.8 Å². The molecular weight excluding hydrogens is 353 g/mol. The zero-order valence-corrected chi connectivity index (χ0v) is 14.8. The summed E-state index contributed by atoms with van der Waals surface area (Å²) in [5.74, 6) is 0.0393. The molecule has 0 bridgehead atoms. The largest absolute Gasteiger partial charge is 0.348 e. The molecule has 0 saturated carbocycles. The zero-order chi connectivity index (χ0) is 17.9. The third-order valence-electron chi connectivity index (χ3n) is 4.29. The van der Waals surface area contributed by atoms with Crippen molar-refractivity contribution in [2.24, 2.45) is 0 Å². The average Bonchev–Trinajstić information content (AvgIpc) is 3.41. The lowest BCUT2D eigenvalue weighted by Crippen LogP contribution is -2.37. The van der Waals surface area contributed by atoms with Crippen LogP contribution in [0.2, 0.25) is 0 Å². The molecule has 1 aliphatic heterocycles. The number of thiophene rings is 1. The Labute approximate surface area is 154 Å². The second kappa shape index (κ2) is 7.35. The van der Waals surface area contributed by atoms with Crippen molar-refractivity contribution in [3.8, 4) is 16.4 Å². The van der Waals surface area contributed by atoms with Crippen LogP contribution in [-0.2, 0) is 0 Å². The molecule has 1 unspecified atom stereocenters. The normalized spacial score (nSPS) is 16.7. The monoisotopic (exact) mass is 371 g/mol. The molecule has 0 radical (unpaired) electrons. The summed E-state index contributed by atoms with van der Waals surface area (Å²) in [7, 11) is 0. The van der Waals surface area contributed by atoms with Crippen molar-refractivity contribution in [2.75, 3.05) is 13.1 Å². The molecule has 1 saturated heterocycles. The molecule has 2 aromatic heterocycles. The van der Waals surface area contributed by atoms with Gasteiger partial charge in [0.05, 0.1) is 10.6 Å². The van der Waals surface area contributed by atoms with E-state index in [2.05, 4.69) is 20.7 Å². The molecule has 0 spiro atoms. The molecule has 4 rings (SSSR count). The van der Waals surface area contributed by atoms with Crippen molar-refractivity contribution in [1.29, 1.82) is 0 Å². The number of nitrogens with one attached hydrogen (secondary N) is 2. The Balaban J connectivity index is 1.62. The smallest absolute Gasteiger partial charge is 0.291 e. The highest BCUT2D eigenvalue weighted by atomic mass is 32.1. The lowest BCUT2D eigenvalue weighted by Gasteiger charge is -2.09. The molecule has 3 heterocycles. The minimum atomic E-state index is -0.325. The van der Waals surface area contributed by atoms with E-state index in [9.17, 15) is 9.18 Å². The molecule has 2 N–H and O–H groups in total. The van der Waals surface area contributed by atoms with Gasteiger partial charge in [-0.25, -0.2) is 14.1 Å². The fraction of sp³-hybridized carbons (Fsp3) is 0.278. The van der Waals surface area contributed by atoms with Crippen molar-refractivity contribution in [3.63, 3.8) is 0 Å². The SMILES string of the molecule is O=C(NCC1CCCN1)c1nc(-c2cccs2)n(-c2ccc(F)cc2)n1. The summed E-state index contributed by atoms with van der Waals surface area (Å²) < 4.78 is 14.8. The fourth-order valence-electron chi connectivity index (χ4n) is 2.96. The average molecular weight is 371 g/mol. The van der Waals surface area contributed by atoms with Crippen LogP contribution >= 0.6 is 11.3 Å². The van der Waals surface area contributed by atoms with Gasteiger partial charge in [-0.2, -0.15) is 0 Å². The number of carbonyl (C=O) groups is 1. The van der Waals surface area contributed by atoms with E-state index < -0.39 is 0 Å². The highest BCUT2D eigenvalue weighted by Crippen LogP contribution is 2.25. The van der Waals surface area contributed by atoms with Gasteiger partial charge in [0.15, 0.2) is 5.82 Å². The topological polar surface area (TPSA) is 71.8 Å². The van der Waals surface area contributed by atoms with Crippen LogP contribution in [0.25, 0.3) is 16.4 Å². The maximum absolute atomic E-state index is 13.2. The number of aromatic nitrogens is 3. The molecule has 1 fully saturated rings. The first kappa shape index (κ1) is 16.9. The highest BCUT2D eigenvalue weighted by Gasteiger charge is 2.21. The van der Waals surface area contributed by atoms with Crippen LogP contribution < -0.4 is 10.6 Å². The Morgan fingerprint density at radius 3 is 2.88 bits per heavy atom. The van der Waals surface area contributed by atoms with E-state index in [1.807, 2.05) is 17.5 Å². The van der Waals surface area contributed by atoms with E-state index in [0.717, 1.165) is 24.3 Å². The number of amides is 1. The van der Waals surface area contributed by atoms with Crippen LogP contribution in [0.5, 0.6) is 0 Å². The van der Waals surface area contributed by atoms with Crippen LogP contribution in [0.1, 0.15) is 23.5 Å². The van der Waals surface area contributed by atoms with Crippen molar-refractivity contribution >= 4 is 17.2 Å². The number of carbonyl (C=O) groups excluding carboxylic acids is 1. The third-order valence-corrected chi connectivity index (χ3v) is 5.16. The lowest BCUT2D eigenvalue weighted by atomic mass is 10.2. The van der Waals surface area contributed by atoms with E-state index in [4.69, 9.17) is 0 Å². The maximum Gasteiger partial charge on any atom is 0.291 e. The highest BCUT2D eigenvalue weighted by molar-refractivity contribution is 7.13. The Hall–Kier alpha value is -2.58. The van der Waals surface area contributed by atoms with Crippen molar-refractivity contribution in [2.45, 2.75) is 18.9 Å². The Kier molecular flexibility index (Phi) is 4.77. The molecule has 1 aromatic carbocycles. The van der Waals surface area contributed by atoms with Crippen molar-refractivity contribution in [3.05, 3.63) is 53.4 Å². The number of hydrogen-bond acceptors (Lipinski definition) is 5. The third kappa shape index (κ3) is 3.51. The van der Waals surface area contributed by atoms with E-state index in [0.29, 0.717) is 24.1 Å². The minimum Gasteiger partial charge on any atom is -0.348 e. The van der Waals surface area contributed by atoms with Gasteiger partial charge in [0.25, 0.3) is 5.91 Å². The molecule has 1 amide bonds. The van der Waals surface area contributed by atoms with Gasteiger partial charge in [0, 0.05) is 12.6 Å². The standard InChI is InChI=1S/C18H18FN5OS/c19-12-5-7-14(8-6-12)24-17(15-4-2-10-26-15)22-16(23-24)18(25)21-11-13-3-1-9-20-13/h2,4-8,10,13,20H,1,3,9,11H2,(H,21,25). The van der Waals surface area contributed by atoms with Gasteiger partial charge in [0.2, 0.25) is 5.82 Å². The molecule has 8 heteroatoms. The second-order valence-corrected chi connectivity index (χ2v) is 7.08. The quantitative estimate of drug-likeness (QED) is 0.723. The van der Waals surface area contributed by atoms with Gasteiger partial charge in [-0.05, 0) is 55.1 Å². The summed E-state index contributed by atoms with van der Waals surface area (Å²) in [6, 6.07) is 10.1. The Morgan fingerprint density at radius 2 is 2.19 bits per heavy atom. The first-order valence-electron chi connectivity index (χ1n) is 8.49. The molecule has 1 atom stereocenters. The zero-order valence-electron chi connectivity index (χ0n) is 14.0. The molecule has 0 aliphatic carbocycles. The first-order valence-corrected chi connectivity index (χ1v) is 9.37. The van der Waals surface area contributed by atoms with Gasteiger partial charge in [-0.15, -0.1) is 16.4 Å². The van der Waals surface area contributed by atoms with Gasteiger partial charge in [0.1, 0.15) is 5.82 Å². The van der Waals surface area contributed by atoms with Gasteiger partial charge in [-0.3, -0.25) is 4.79 Å². The molecular formula is C18H18FN5OS. The summed E-state index contributed by atoms with van der Waals surface area (Å²) in [5.41, 5.74) is 0.652. The predicted octanol–water partition coefficient (Wildman–Crippen LogP) is 2.62. The van der Waals surface area contributed by atoms with Crippen LogP contribution in [0.4, 0.5) is 4.39 Å². The van der Waals surface area contributed by atoms with Crippen LogP contribution in [0.15, 0.2) is 41.8 Å². The predicted molar refractivity (Wildman–Crippen MR) is 98.0 cm³/mol. The minimum absolute atomic E-state index is 0.107. The molecule has 26 heavy (non-hydrogen) atoms. The van der Waals surface area contributed by atoms with Gasteiger partial charge >= 0.3 is 0 Å². The first-order chi connectivity index (χ1) is 12.7. The Morgan fingerprint density at radius 1 is 1.35 bits per heavy atom. The number of rotatable bonds is 5. The molecule has 6 nitrogen and oxygen atoms in total. The Bertz CT molecular complexity index is 885. The number of nitrogens with zero attached hydrogens (tertiary/aromatic N) is 3. The summed E-state index contributed by atoms with van der Waals surface area (Å²) >= 11 is 1.51. The molecule has 3 aromatic rings. The van der Waals surface area contributed by atoms with Crippen molar-refractivity contribution in [1.82, 2.24) is 25.4 Å². The molecule has 1 aliphatic rings. The van der Waals surface area contributed by atoms with Crippen LogP contribution in [0.3, 0.4) is 0 Å². The van der Waals surface area contributed by atoms with E-state index in [1.54, 1.807) is 16.8 Å². The maximum atomic E-state index is 13.2. The van der Waals surface area contributed by atoms with Gasteiger partial charge < -0.3 is 10.6 Å².